The van der Waals surface area contributed by atoms with E-state index in [1.165, 1.54) is 5.56 Å². The number of nitrogens with two attached hydrogens (primary N) is 1. The SMILES string of the molecule is Cc1ccccc1.NNC(=O)c1cc([C@@H](NC(=O)c2ccc(F)c(C(F)(F)F)c2)c2cc(F)cc(OC(F)(F)C(F)F)c2)ccc1F. The first-order valence-electron chi connectivity index (χ1n) is 13.1. The van der Waals surface area contributed by atoms with E-state index in [-0.39, 0.29) is 11.6 Å². The Balaban J connectivity index is 0.000000756. The third kappa shape index (κ3) is 9.68. The molecule has 16 heteroatoms. The van der Waals surface area contributed by atoms with Crippen LogP contribution in [-0.4, -0.2) is 24.3 Å². The highest BCUT2D eigenvalue weighted by atomic mass is 19.4. The van der Waals surface area contributed by atoms with Crippen LogP contribution in [0.4, 0.5) is 43.9 Å². The van der Waals surface area contributed by atoms with Gasteiger partial charge in [-0.15, -0.1) is 0 Å². The number of hydrogen-bond acceptors (Lipinski definition) is 4. The van der Waals surface area contributed by atoms with Gasteiger partial charge < -0.3 is 10.1 Å². The van der Waals surface area contributed by atoms with Crippen LogP contribution in [-0.2, 0) is 6.18 Å². The summed E-state index contributed by atoms with van der Waals surface area (Å²) in [6.07, 6.45) is -14.6. The third-order valence-corrected chi connectivity index (χ3v) is 6.18. The van der Waals surface area contributed by atoms with Gasteiger partial charge in [0.2, 0.25) is 0 Å². The average molecular weight is 676 g/mol. The van der Waals surface area contributed by atoms with Crippen LogP contribution in [0.5, 0.6) is 5.75 Å². The van der Waals surface area contributed by atoms with Crippen LogP contribution in [0.25, 0.3) is 0 Å². The van der Waals surface area contributed by atoms with Crippen molar-refractivity contribution in [1.29, 1.82) is 0 Å². The number of nitrogen functional groups attached to an aromatic ring is 1. The number of halogens is 10. The van der Waals surface area contributed by atoms with Gasteiger partial charge >= 0.3 is 18.7 Å². The molecule has 4 N–H and O–H groups in total. The van der Waals surface area contributed by atoms with Crippen molar-refractivity contribution in [3.8, 4) is 5.75 Å². The smallest absolute Gasteiger partial charge is 0.428 e. The molecule has 4 rings (SSSR count). The van der Waals surface area contributed by atoms with Crippen molar-refractivity contribution < 1.29 is 58.2 Å². The summed E-state index contributed by atoms with van der Waals surface area (Å²) in [5.41, 5.74) is -1.14. The number of hydrazine groups is 1. The van der Waals surface area contributed by atoms with Crippen molar-refractivity contribution in [2.75, 3.05) is 0 Å². The quantitative estimate of drug-likeness (QED) is 0.0782. The summed E-state index contributed by atoms with van der Waals surface area (Å²) in [4.78, 5) is 24.8. The fourth-order valence-electron chi connectivity index (χ4n) is 3.98. The average Bonchev–Trinajstić information content (AvgIpc) is 2.99. The van der Waals surface area contributed by atoms with Gasteiger partial charge in [-0.25, -0.2) is 19.0 Å². The molecule has 4 aromatic rings. The Kier molecular flexibility index (Phi) is 11.6. The maximum Gasteiger partial charge on any atom is 0.461 e. The molecule has 0 unspecified atom stereocenters. The number of aryl methyl sites for hydroxylation is 1. The van der Waals surface area contributed by atoms with Crippen molar-refractivity contribution in [3.05, 3.63) is 136 Å². The van der Waals surface area contributed by atoms with Gasteiger partial charge in [0.25, 0.3) is 11.8 Å². The minimum absolute atomic E-state index is 0.156. The predicted molar refractivity (Wildman–Crippen MR) is 148 cm³/mol. The van der Waals surface area contributed by atoms with E-state index in [4.69, 9.17) is 5.84 Å². The highest BCUT2D eigenvalue weighted by Gasteiger charge is 2.44. The third-order valence-electron chi connectivity index (χ3n) is 6.18. The molecule has 0 heterocycles. The Labute approximate surface area is 260 Å². The van der Waals surface area contributed by atoms with E-state index in [9.17, 15) is 53.5 Å². The first-order valence-corrected chi connectivity index (χ1v) is 13.1. The molecule has 0 aromatic heterocycles. The minimum Gasteiger partial charge on any atom is -0.428 e. The summed E-state index contributed by atoms with van der Waals surface area (Å²) in [5.74, 6) is -2.88. The van der Waals surface area contributed by atoms with Crippen molar-refractivity contribution >= 4 is 11.8 Å². The number of nitrogens with one attached hydrogen (secondary N) is 2. The number of carbonyl (C=O) groups is 2. The topological polar surface area (TPSA) is 93.5 Å². The molecule has 0 saturated carbocycles. The van der Waals surface area contributed by atoms with Gasteiger partial charge in [0.1, 0.15) is 23.2 Å². The van der Waals surface area contributed by atoms with E-state index < -0.39 is 82.0 Å². The summed E-state index contributed by atoms with van der Waals surface area (Å²) in [5, 5.41) is 2.14. The van der Waals surface area contributed by atoms with Crippen LogP contribution in [0.2, 0.25) is 0 Å². The monoisotopic (exact) mass is 675 g/mol. The van der Waals surface area contributed by atoms with Crippen molar-refractivity contribution in [3.63, 3.8) is 0 Å². The number of amides is 2. The van der Waals surface area contributed by atoms with Crippen LogP contribution >= 0.6 is 0 Å². The van der Waals surface area contributed by atoms with Gasteiger partial charge in [-0.3, -0.25) is 15.0 Å². The number of alkyl halides is 7. The van der Waals surface area contributed by atoms with E-state index in [0.717, 1.165) is 12.1 Å². The van der Waals surface area contributed by atoms with Crippen molar-refractivity contribution in [2.45, 2.75) is 31.7 Å². The fourth-order valence-corrected chi connectivity index (χ4v) is 3.98. The van der Waals surface area contributed by atoms with Crippen LogP contribution < -0.4 is 21.3 Å². The molecular formula is C31H23F10N3O3. The lowest BCUT2D eigenvalue weighted by molar-refractivity contribution is -0.253. The zero-order valence-corrected chi connectivity index (χ0v) is 23.8. The van der Waals surface area contributed by atoms with Gasteiger partial charge in [-0.2, -0.15) is 30.7 Å². The molecule has 0 aliphatic rings. The normalized spacial score (nSPS) is 12.1. The van der Waals surface area contributed by atoms with Crippen LogP contribution in [0.3, 0.4) is 0 Å². The Morgan fingerprint density at radius 1 is 0.766 bits per heavy atom. The van der Waals surface area contributed by atoms with E-state index in [1.807, 2.05) is 18.2 Å². The molecule has 4 aromatic carbocycles. The lowest BCUT2D eigenvalue weighted by Gasteiger charge is -2.23. The molecule has 0 aliphatic heterocycles. The van der Waals surface area contributed by atoms with Gasteiger partial charge in [0.15, 0.2) is 0 Å². The number of ether oxygens (including phenoxy) is 1. The Hall–Kier alpha value is -5.12. The van der Waals surface area contributed by atoms with Gasteiger partial charge in [-0.1, -0.05) is 42.0 Å². The van der Waals surface area contributed by atoms with Crippen LogP contribution in [0, 0.1) is 24.4 Å². The molecule has 0 bridgehead atoms. The molecule has 6 nitrogen and oxygen atoms in total. The molecule has 1 atom stereocenters. The highest BCUT2D eigenvalue weighted by Crippen LogP contribution is 2.34. The van der Waals surface area contributed by atoms with Gasteiger partial charge in [0, 0.05) is 11.6 Å². The maximum atomic E-state index is 14.4. The molecule has 0 saturated heterocycles. The summed E-state index contributed by atoms with van der Waals surface area (Å²) < 4.78 is 138. The van der Waals surface area contributed by atoms with E-state index in [1.54, 1.807) is 5.43 Å². The summed E-state index contributed by atoms with van der Waals surface area (Å²) in [6.45, 7) is 2.08. The molecule has 0 radical (unpaired) electrons. The Morgan fingerprint density at radius 2 is 1.40 bits per heavy atom. The van der Waals surface area contributed by atoms with Crippen LogP contribution in [0.15, 0.2) is 84.9 Å². The predicted octanol–water partition coefficient (Wildman–Crippen LogP) is 7.48. The second-order valence-corrected chi connectivity index (χ2v) is 9.65. The fraction of sp³-hybridized carbons (Fsp3) is 0.161. The number of benzene rings is 4. The van der Waals surface area contributed by atoms with Gasteiger partial charge in [-0.05, 0) is 60.5 Å². The number of rotatable bonds is 8. The molecule has 0 fully saturated rings. The molecular weight excluding hydrogens is 652 g/mol. The zero-order chi connectivity index (χ0) is 35.1. The number of carbonyl (C=O) groups excluding carboxylic acids is 2. The number of hydrogen-bond donors (Lipinski definition) is 3. The maximum absolute atomic E-state index is 14.4. The minimum atomic E-state index is -5.20. The summed E-state index contributed by atoms with van der Waals surface area (Å²) >= 11 is 0. The lowest BCUT2D eigenvalue weighted by atomic mass is 9.95. The first-order chi connectivity index (χ1) is 21.9. The molecule has 0 aliphatic carbocycles. The standard InChI is InChI=1S/C24H15F10N3O3.C7H8/c25-13-5-12(6-14(9-13)40-24(33,34)22(28)29)19(10-1-3-17(26)15(7-10)21(39)37-35)36-20(38)11-2-4-18(27)16(8-11)23(30,31)32;1-7-5-3-2-4-6-7/h1-9,19,22H,35H2,(H,36,38)(H,37,39);2-6H,1H3/t19-;/m1./s1. The molecule has 0 spiro atoms. The largest absolute Gasteiger partial charge is 0.461 e. The van der Waals surface area contributed by atoms with E-state index in [2.05, 4.69) is 29.1 Å². The molecule has 47 heavy (non-hydrogen) atoms. The van der Waals surface area contributed by atoms with E-state index in [0.29, 0.717) is 36.4 Å². The highest BCUT2D eigenvalue weighted by molar-refractivity contribution is 5.96. The second-order valence-electron chi connectivity index (χ2n) is 9.65. The zero-order valence-electron chi connectivity index (χ0n) is 23.8. The first kappa shape index (κ1) is 36.3. The Bertz CT molecular complexity index is 1720. The summed E-state index contributed by atoms with van der Waals surface area (Å²) in [6, 6.07) is 13.6. The van der Waals surface area contributed by atoms with Crippen molar-refractivity contribution in [2.24, 2.45) is 5.84 Å². The molecule has 2 amide bonds. The van der Waals surface area contributed by atoms with Crippen LogP contribution in [0.1, 0.15) is 49.0 Å². The second kappa shape index (κ2) is 15.0. The van der Waals surface area contributed by atoms with Gasteiger partial charge in [0.05, 0.1) is 17.2 Å². The molecule has 250 valence electrons. The lowest BCUT2D eigenvalue weighted by Crippen LogP contribution is -2.34. The summed E-state index contributed by atoms with van der Waals surface area (Å²) in [7, 11) is 0. The Morgan fingerprint density at radius 3 is 1.96 bits per heavy atom. The van der Waals surface area contributed by atoms with Crippen molar-refractivity contribution in [1.82, 2.24) is 10.7 Å². The van der Waals surface area contributed by atoms with E-state index >= 15 is 0 Å².